The summed E-state index contributed by atoms with van der Waals surface area (Å²) in [6, 6.07) is 0. The van der Waals surface area contributed by atoms with Gasteiger partial charge in [-0.2, -0.15) is 0 Å². The van der Waals surface area contributed by atoms with Gasteiger partial charge in [-0.1, -0.05) is 19.4 Å². The van der Waals surface area contributed by atoms with E-state index >= 15 is 0 Å². The zero-order chi connectivity index (χ0) is 11.8. The van der Waals surface area contributed by atoms with Crippen molar-refractivity contribution in [3.8, 4) is 0 Å². The van der Waals surface area contributed by atoms with Gasteiger partial charge in [-0.3, -0.25) is 4.79 Å². The number of allylic oxidation sites excluding steroid dienone is 2. The van der Waals surface area contributed by atoms with Crippen LogP contribution in [0, 0.1) is 29.1 Å². The first-order valence-electron chi connectivity index (χ1n) is 4.14. The Kier molecular flexibility index (Phi) is 7.29. The summed E-state index contributed by atoms with van der Waals surface area (Å²) in [6.45, 7) is 15.8. The Hall–Kier alpha value is -1.61. The first kappa shape index (κ1) is 14.9. The molecule has 0 radical (unpaired) electrons. The van der Waals surface area contributed by atoms with Crippen LogP contribution in [-0.4, -0.2) is 5.78 Å². The normalized spacial score (nSPS) is 17.6. The first-order valence-corrected chi connectivity index (χ1v) is 4.14. The second kappa shape index (κ2) is 6.86. The molecule has 0 aromatic carbocycles. The minimum atomic E-state index is 0.204. The summed E-state index contributed by atoms with van der Waals surface area (Å²) in [5.74, 6) is 0.286. The van der Waals surface area contributed by atoms with Crippen molar-refractivity contribution in [2.24, 2.45) is 5.41 Å². The molecule has 0 fully saturated rings. The number of hydrogen-bond acceptors (Lipinski definition) is 3. The fourth-order valence-electron chi connectivity index (χ4n) is 1.67. The monoisotopic (exact) mass is 190 g/mol. The quantitative estimate of drug-likeness (QED) is 0.551. The fraction of sp³-hybridized carbons (Fsp3) is 0.545. The lowest BCUT2D eigenvalue weighted by atomic mass is 9.77. The van der Waals surface area contributed by atoms with Gasteiger partial charge >= 0.3 is 0 Å². The lowest BCUT2D eigenvalue weighted by Gasteiger charge is -2.27. The van der Waals surface area contributed by atoms with Crippen LogP contribution in [0.4, 0.5) is 0 Å². The number of ketones is 1. The molecule has 1 aliphatic carbocycles. The zero-order valence-electron chi connectivity index (χ0n) is 8.79. The summed E-state index contributed by atoms with van der Waals surface area (Å²) < 4.78 is 0. The predicted octanol–water partition coefficient (Wildman–Crippen LogP) is 2.51. The summed E-state index contributed by atoms with van der Waals surface area (Å²) in [5.41, 5.74) is 1.43. The zero-order valence-corrected chi connectivity index (χ0v) is 8.79. The minimum Gasteiger partial charge on any atom is -0.512 e. The van der Waals surface area contributed by atoms with Crippen LogP contribution in [0.2, 0.25) is 0 Å². The number of carbonyl (C=O) groups excluding carboxylic acids is 1. The standard InChI is InChI=1S/C9H14O.2CN/c1-7-4-8(10)6-9(2,3)5-7;2*1-2/h4H,5-6H2,1-3H3;;/q;2*-1. The van der Waals surface area contributed by atoms with E-state index in [0.717, 1.165) is 6.42 Å². The maximum absolute atomic E-state index is 11.0. The van der Waals surface area contributed by atoms with Gasteiger partial charge in [0.15, 0.2) is 5.78 Å². The molecule has 0 unspecified atom stereocenters. The molecule has 14 heavy (non-hydrogen) atoms. The van der Waals surface area contributed by atoms with Crippen molar-refractivity contribution in [3.63, 3.8) is 0 Å². The molecule has 76 valence electrons. The molecule has 0 saturated carbocycles. The lowest BCUT2D eigenvalue weighted by molar-refractivity contribution is -0.117. The molecular weight excluding hydrogens is 176 g/mol. The van der Waals surface area contributed by atoms with Crippen molar-refractivity contribution in [3.05, 3.63) is 24.8 Å². The van der Waals surface area contributed by atoms with Gasteiger partial charge in [0.1, 0.15) is 0 Å². The lowest BCUT2D eigenvalue weighted by Crippen LogP contribution is -2.20. The molecule has 0 heterocycles. The molecule has 0 saturated heterocycles. The topological polar surface area (TPSA) is 64.7 Å². The minimum absolute atomic E-state index is 0.204. The highest BCUT2D eigenvalue weighted by atomic mass is 16.1. The Bertz CT molecular complexity index is 253. The van der Waals surface area contributed by atoms with Crippen molar-refractivity contribution in [1.82, 2.24) is 0 Å². The molecule has 0 atom stereocenters. The van der Waals surface area contributed by atoms with Crippen LogP contribution in [0.5, 0.6) is 0 Å². The van der Waals surface area contributed by atoms with Crippen LogP contribution in [-0.2, 0) is 4.79 Å². The van der Waals surface area contributed by atoms with Crippen molar-refractivity contribution in [2.75, 3.05) is 0 Å². The number of carbonyl (C=O) groups is 1. The van der Waals surface area contributed by atoms with Crippen molar-refractivity contribution < 1.29 is 4.79 Å². The van der Waals surface area contributed by atoms with E-state index in [1.165, 1.54) is 5.57 Å². The van der Waals surface area contributed by atoms with Gasteiger partial charge in [0.05, 0.1) is 0 Å². The van der Waals surface area contributed by atoms with Crippen LogP contribution in [0.25, 0.3) is 0 Å². The molecule has 0 aromatic heterocycles. The molecule has 1 rings (SSSR count). The van der Waals surface area contributed by atoms with Crippen molar-refractivity contribution in [1.29, 1.82) is 10.5 Å². The highest BCUT2D eigenvalue weighted by Gasteiger charge is 2.25. The second-order valence-corrected chi connectivity index (χ2v) is 3.97. The smallest absolute Gasteiger partial charge is 0.156 e. The molecule has 0 bridgehead atoms. The van der Waals surface area contributed by atoms with Gasteiger partial charge in [-0.25, -0.2) is 0 Å². The average molecular weight is 190 g/mol. The van der Waals surface area contributed by atoms with E-state index in [1.54, 1.807) is 6.08 Å². The Labute approximate surface area is 85.7 Å². The maximum atomic E-state index is 11.0. The van der Waals surface area contributed by atoms with Gasteiger partial charge in [-0.05, 0) is 24.8 Å². The highest BCUT2D eigenvalue weighted by Crippen LogP contribution is 2.32. The predicted molar refractivity (Wildman–Crippen MR) is 51.7 cm³/mol. The maximum Gasteiger partial charge on any atom is 0.156 e. The van der Waals surface area contributed by atoms with Crippen molar-refractivity contribution in [2.45, 2.75) is 33.6 Å². The van der Waals surface area contributed by atoms with Crippen molar-refractivity contribution >= 4 is 5.78 Å². The van der Waals surface area contributed by atoms with Gasteiger partial charge < -0.3 is 23.7 Å². The summed E-state index contributed by atoms with van der Waals surface area (Å²) in [5, 5.41) is 12.5. The number of rotatable bonds is 0. The summed E-state index contributed by atoms with van der Waals surface area (Å²) in [4.78, 5) is 11.0. The number of hydrogen-bond donors (Lipinski definition) is 0. The molecule has 3 nitrogen and oxygen atoms in total. The fourth-order valence-corrected chi connectivity index (χ4v) is 1.67. The van der Waals surface area contributed by atoms with E-state index in [1.807, 2.05) is 6.92 Å². The van der Waals surface area contributed by atoms with E-state index < -0.39 is 0 Å². The third-order valence-corrected chi connectivity index (χ3v) is 1.82. The Morgan fingerprint density at radius 3 is 1.93 bits per heavy atom. The van der Waals surface area contributed by atoms with Gasteiger partial charge in [0.2, 0.25) is 0 Å². The third kappa shape index (κ3) is 5.97. The van der Waals surface area contributed by atoms with Gasteiger partial charge in [0.25, 0.3) is 0 Å². The molecule has 3 heteroatoms. The van der Waals surface area contributed by atoms with E-state index in [2.05, 4.69) is 13.8 Å². The van der Waals surface area contributed by atoms with Gasteiger partial charge in [0, 0.05) is 6.42 Å². The molecule has 0 aromatic rings. The van der Waals surface area contributed by atoms with Crippen LogP contribution in [0.3, 0.4) is 0 Å². The first-order chi connectivity index (χ1) is 6.49. The third-order valence-electron chi connectivity index (χ3n) is 1.82. The van der Waals surface area contributed by atoms with Crippen LogP contribution in [0.15, 0.2) is 11.6 Å². The van der Waals surface area contributed by atoms with Crippen LogP contribution < -0.4 is 0 Å². The Balaban J connectivity index is 0. The molecule has 0 spiro atoms. The Morgan fingerprint density at radius 1 is 1.21 bits per heavy atom. The number of nitrogens with zero attached hydrogens (tertiary/aromatic N) is 2. The molecule has 0 amide bonds. The van der Waals surface area contributed by atoms with E-state index in [-0.39, 0.29) is 11.2 Å². The second-order valence-electron chi connectivity index (χ2n) is 3.97. The van der Waals surface area contributed by atoms with E-state index in [9.17, 15) is 4.79 Å². The molecule has 0 N–H and O–H groups in total. The molecular formula is C11H14N2O-2. The summed E-state index contributed by atoms with van der Waals surface area (Å²) in [6.07, 6.45) is 3.55. The molecule has 0 aliphatic heterocycles. The average Bonchev–Trinajstić information content (AvgIpc) is 2.07. The van der Waals surface area contributed by atoms with E-state index in [4.69, 9.17) is 23.7 Å². The van der Waals surface area contributed by atoms with Crippen LogP contribution >= 0.6 is 0 Å². The largest absolute Gasteiger partial charge is 0.512 e. The summed E-state index contributed by atoms with van der Waals surface area (Å²) >= 11 is 0. The SMILES string of the molecule is CC1=CC(=O)CC(C)(C)C1.[C-]#N.[C-]#N. The highest BCUT2D eigenvalue weighted by molar-refractivity contribution is 5.91. The Morgan fingerprint density at radius 2 is 1.64 bits per heavy atom. The van der Waals surface area contributed by atoms with E-state index in [0.29, 0.717) is 6.42 Å². The van der Waals surface area contributed by atoms with Crippen LogP contribution in [0.1, 0.15) is 33.6 Å². The molecule has 1 aliphatic rings. The van der Waals surface area contributed by atoms with Gasteiger partial charge in [-0.15, -0.1) is 0 Å². The summed E-state index contributed by atoms with van der Waals surface area (Å²) in [7, 11) is 0.